The van der Waals surface area contributed by atoms with Crippen molar-refractivity contribution in [2.24, 2.45) is 15.9 Å². The molecule has 0 bridgehead atoms. The first-order chi connectivity index (χ1) is 13.7. The molecule has 12 heteroatoms. The molecule has 2 unspecified atom stereocenters. The van der Waals surface area contributed by atoms with E-state index in [-0.39, 0.29) is 11.7 Å². The van der Waals surface area contributed by atoms with Crippen molar-refractivity contribution < 1.29 is 24.5 Å². The fourth-order valence-corrected chi connectivity index (χ4v) is 3.67. The molecule has 5 atom stereocenters. The first-order valence-corrected chi connectivity index (χ1v) is 11.2. The van der Waals surface area contributed by atoms with E-state index >= 15 is 0 Å². The average molecular weight is 632 g/mol. The van der Waals surface area contributed by atoms with Gasteiger partial charge in [-0.25, -0.2) is 14.6 Å². The van der Waals surface area contributed by atoms with Crippen LogP contribution in [0.5, 0.6) is 0 Å². The van der Waals surface area contributed by atoms with Crippen LogP contribution >= 0.6 is 45.2 Å². The summed E-state index contributed by atoms with van der Waals surface area (Å²) >= 11 is 3.81. The van der Waals surface area contributed by atoms with Crippen molar-refractivity contribution >= 4 is 65.4 Å². The second-order valence-corrected chi connectivity index (χ2v) is 8.04. The van der Waals surface area contributed by atoms with Crippen LogP contribution in [0, 0.1) is 5.92 Å². The molecule has 0 aromatic carbocycles. The summed E-state index contributed by atoms with van der Waals surface area (Å²) in [7, 11) is 0. The van der Waals surface area contributed by atoms with Gasteiger partial charge in [0.05, 0.1) is 15.0 Å². The van der Waals surface area contributed by atoms with Crippen LogP contribution in [0.2, 0.25) is 0 Å². The van der Waals surface area contributed by atoms with Crippen LogP contribution in [0.25, 0.3) is 0 Å². The van der Waals surface area contributed by atoms with E-state index in [1.807, 2.05) is 59.0 Å². The molecule has 1 fully saturated rings. The van der Waals surface area contributed by atoms with E-state index in [1.165, 1.54) is 27.6 Å². The summed E-state index contributed by atoms with van der Waals surface area (Å²) in [5.74, 6) is -0.587. The molecular formula is C17H22I2N4O6. The number of halogens is 2. The first kappa shape index (κ1) is 24.3. The Labute approximate surface area is 194 Å². The van der Waals surface area contributed by atoms with E-state index in [1.54, 1.807) is 0 Å². The van der Waals surface area contributed by atoms with E-state index in [9.17, 15) is 19.8 Å². The van der Waals surface area contributed by atoms with Crippen molar-refractivity contribution in [3.05, 3.63) is 22.7 Å². The van der Waals surface area contributed by atoms with Gasteiger partial charge in [0.15, 0.2) is 18.1 Å². The van der Waals surface area contributed by atoms with Crippen molar-refractivity contribution in [3.8, 4) is 0 Å². The molecule has 2 heterocycles. The number of aliphatic imine (C=N–C) groups is 2. The summed E-state index contributed by atoms with van der Waals surface area (Å²) in [4.78, 5) is 36.8. The number of carbonyl (C=O) groups is 1. The number of nitrogens with zero attached hydrogens (tertiary/aromatic N) is 4. The van der Waals surface area contributed by atoms with E-state index in [0.29, 0.717) is 0 Å². The van der Waals surface area contributed by atoms with Gasteiger partial charge < -0.3 is 19.7 Å². The lowest BCUT2D eigenvalue weighted by Crippen LogP contribution is -2.49. The molecule has 2 rings (SSSR count). The monoisotopic (exact) mass is 632 g/mol. The highest BCUT2D eigenvalue weighted by Gasteiger charge is 2.56. The Kier molecular flexibility index (Phi) is 8.69. The molecular weight excluding hydrogens is 610 g/mol. The topological polar surface area (TPSA) is 136 Å². The van der Waals surface area contributed by atoms with Gasteiger partial charge in [-0.3, -0.25) is 9.56 Å². The minimum atomic E-state index is -1.81. The van der Waals surface area contributed by atoms with Crippen molar-refractivity contribution in [3.63, 3.8) is 0 Å². The fourth-order valence-electron chi connectivity index (χ4n) is 3.04. The average Bonchev–Trinajstić information content (AvgIpc) is 2.90. The van der Waals surface area contributed by atoms with Crippen LogP contribution in [0.4, 0.5) is 5.82 Å². The number of aliphatic hydroxyl groups is 2. The molecule has 10 nitrogen and oxygen atoms in total. The molecule has 0 aliphatic carbocycles. The highest BCUT2D eigenvalue weighted by Crippen LogP contribution is 2.39. The summed E-state index contributed by atoms with van der Waals surface area (Å²) < 4.78 is 15.2. The van der Waals surface area contributed by atoms with Crippen molar-refractivity contribution in [2.45, 2.75) is 50.8 Å². The summed E-state index contributed by atoms with van der Waals surface area (Å²) in [5, 5.41) is 20.8. The number of aliphatic hydroxyl groups excluding tert-OH is 1. The molecule has 29 heavy (non-hydrogen) atoms. The zero-order valence-electron chi connectivity index (χ0n) is 16.0. The Morgan fingerprint density at radius 3 is 2.69 bits per heavy atom. The third-order valence-electron chi connectivity index (χ3n) is 4.48. The molecule has 1 saturated heterocycles. The highest BCUT2D eigenvalue weighted by atomic mass is 127. The van der Waals surface area contributed by atoms with Gasteiger partial charge in [0.1, 0.15) is 17.7 Å². The zero-order chi connectivity index (χ0) is 21.8. The van der Waals surface area contributed by atoms with Crippen LogP contribution in [-0.2, 0) is 14.3 Å². The lowest BCUT2D eigenvalue weighted by molar-refractivity contribution is -0.166. The molecule has 0 amide bonds. The normalized spacial score (nSPS) is 28.5. The summed E-state index contributed by atoms with van der Waals surface area (Å²) in [6.07, 6.45) is -2.09. The lowest BCUT2D eigenvalue weighted by atomic mass is 9.95. The standard InChI is InChI=1S/C17H22I2N4O6/c1-9(2)12(21-8-19)14(25)29-13-10(6-24)28-15(17(13,3)27)23-5-4-11(20-7-18)22-16(23)26/h4-5,7-10,12-13,15,24,27H,6H2,1-3H3/t10-,12?,13+,15+,17?/m1/s1. The van der Waals surface area contributed by atoms with Gasteiger partial charge in [-0.15, -0.1) is 0 Å². The van der Waals surface area contributed by atoms with Gasteiger partial charge in [-0.05, 0) is 64.1 Å². The molecule has 1 aromatic rings. The smallest absolute Gasteiger partial charge is 0.351 e. The Hall–Kier alpha value is -0.970. The number of hydrogen-bond donors (Lipinski definition) is 2. The quantitative estimate of drug-likeness (QED) is 0.264. The van der Waals surface area contributed by atoms with Gasteiger partial charge in [0, 0.05) is 6.20 Å². The Morgan fingerprint density at radius 1 is 1.48 bits per heavy atom. The molecule has 1 aliphatic heterocycles. The Bertz CT molecular complexity index is 841. The Balaban J connectivity index is 2.34. The van der Waals surface area contributed by atoms with Gasteiger partial charge in [0.2, 0.25) is 0 Å². The number of hydrogen-bond acceptors (Lipinski definition) is 9. The molecule has 0 radical (unpaired) electrons. The molecule has 1 aliphatic rings. The van der Waals surface area contributed by atoms with Crippen LogP contribution < -0.4 is 5.69 Å². The second kappa shape index (κ2) is 10.4. The maximum Gasteiger partial charge on any atom is 0.351 e. The maximum atomic E-state index is 12.6. The number of ether oxygens (including phenoxy) is 2. The fraction of sp³-hybridized carbons (Fsp3) is 0.588. The third-order valence-corrected chi connectivity index (χ3v) is 5.08. The molecule has 2 N–H and O–H groups in total. The van der Waals surface area contributed by atoms with Crippen LogP contribution in [0.1, 0.15) is 27.0 Å². The van der Waals surface area contributed by atoms with E-state index in [2.05, 4.69) is 15.0 Å². The van der Waals surface area contributed by atoms with Crippen LogP contribution in [-0.4, -0.2) is 64.6 Å². The summed E-state index contributed by atoms with van der Waals surface area (Å²) in [5.41, 5.74) is -2.51. The van der Waals surface area contributed by atoms with Crippen molar-refractivity contribution in [1.29, 1.82) is 0 Å². The SMILES string of the molecule is CC(C)C(N=CI)C(=O)O[C@H]1[C@@H](CO)O[C@H](n2ccc(N=CI)nc2=O)C1(C)O. The minimum Gasteiger partial charge on any atom is -0.455 e. The summed E-state index contributed by atoms with van der Waals surface area (Å²) in [6, 6.07) is 0.712. The molecule has 0 saturated carbocycles. The molecule has 0 spiro atoms. The molecule has 160 valence electrons. The van der Waals surface area contributed by atoms with Gasteiger partial charge >= 0.3 is 11.7 Å². The van der Waals surface area contributed by atoms with Crippen LogP contribution in [0.3, 0.4) is 0 Å². The lowest BCUT2D eigenvalue weighted by Gasteiger charge is -2.30. The van der Waals surface area contributed by atoms with Crippen LogP contribution in [0.15, 0.2) is 27.0 Å². The predicted octanol–water partition coefficient (Wildman–Crippen LogP) is 1.38. The highest BCUT2D eigenvalue weighted by molar-refractivity contribution is 14.1. The summed E-state index contributed by atoms with van der Waals surface area (Å²) in [6.45, 7) is 4.49. The number of carbonyl (C=O) groups excluding carboxylic acids is 1. The van der Waals surface area contributed by atoms with Gasteiger partial charge in [0.25, 0.3) is 0 Å². The number of rotatable bonds is 7. The predicted molar refractivity (Wildman–Crippen MR) is 123 cm³/mol. The Morgan fingerprint density at radius 2 is 2.17 bits per heavy atom. The van der Waals surface area contributed by atoms with E-state index < -0.39 is 48.3 Å². The largest absolute Gasteiger partial charge is 0.455 e. The number of esters is 1. The van der Waals surface area contributed by atoms with Gasteiger partial charge in [-0.2, -0.15) is 4.98 Å². The minimum absolute atomic E-state index is 0.137. The van der Waals surface area contributed by atoms with E-state index in [0.717, 1.165) is 4.57 Å². The zero-order valence-corrected chi connectivity index (χ0v) is 20.3. The van der Waals surface area contributed by atoms with Crippen molar-refractivity contribution in [1.82, 2.24) is 9.55 Å². The third kappa shape index (κ3) is 5.39. The maximum absolute atomic E-state index is 12.6. The van der Waals surface area contributed by atoms with E-state index in [4.69, 9.17) is 9.47 Å². The number of aromatic nitrogens is 2. The van der Waals surface area contributed by atoms with Gasteiger partial charge in [-0.1, -0.05) is 13.8 Å². The second-order valence-electron chi connectivity index (χ2n) is 6.93. The molecule has 1 aromatic heterocycles. The first-order valence-electron chi connectivity index (χ1n) is 8.70. The van der Waals surface area contributed by atoms with Crippen molar-refractivity contribution in [2.75, 3.05) is 6.61 Å².